The van der Waals surface area contributed by atoms with Gasteiger partial charge < -0.3 is 10.2 Å². The largest absolute Gasteiger partial charge is 0.310 e. The first kappa shape index (κ1) is 17.2. The quantitative estimate of drug-likeness (QED) is 0.731. The van der Waals surface area contributed by atoms with Gasteiger partial charge in [-0.3, -0.25) is 0 Å². The van der Waals surface area contributed by atoms with Crippen LogP contribution in [0.2, 0.25) is 0 Å². The van der Waals surface area contributed by atoms with Gasteiger partial charge in [0.05, 0.1) is 0 Å². The molecule has 1 rings (SSSR count). The van der Waals surface area contributed by atoms with Gasteiger partial charge in [0.2, 0.25) is 0 Å². The molecule has 0 heterocycles. The fourth-order valence-electron chi connectivity index (χ4n) is 2.75. The molecule has 0 saturated carbocycles. The summed E-state index contributed by atoms with van der Waals surface area (Å²) >= 11 is 0. The molecule has 0 amide bonds. The standard InChI is InChI=1S/C18H32N2/c1-6-12-19-18(11-13-20(7-2)8-3)17-10-9-15(4)14-16(17)5/h9-10,14,18-19H,6-8,11-13H2,1-5H3. The van der Waals surface area contributed by atoms with Crippen LogP contribution >= 0.6 is 0 Å². The van der Waals surface area contributed by atoms with Gasteiger partial charge >= 0.3 is 0 Å². The number of aryl methyl sites for hydroxylation is 2. The van der Waals surface area contributed by atoms with Crippen molar-refractivity contribution in [3.63, 3.8) is 0 Å². The molecule has 1 aromatic rings. The number of hydrogen-bond donors (Lipinski definition) is 1. The van der Waals surface area contributed by atoms with Gasteiger partial charge in [-0.15, -0.1) is 0 Å². The first-order valence-corrected chi connectivity index (χ1v) is 8.15. The number of benzene rings is 1. The molecule has 0 spiro atoms. The maximum atomic E-state index is 3.72. The van der Waals surface area contributed by atoms with Gasteiger partial charge in [-0.25, -0.2) is 0 Å². The van der Waals surface area contributed by atoms with Crippen LogP contribution in [0.5, 0.6) is 0 Å². The minimum absolute atomic E-state index is 0.483. The van der Waals surface area contributed by atoms with Gasteiger partial charge in [0.15, 0.2) is 0 Å². The van der Waals surface area contributed by atoms with Crippen LogP contribution in [0.3, 0.4) is 0 Å². The lowest BCUT2D eigenvalue weighted by molar-refractivity contribution is 0.281. The molecule has 1 atom stereocenters. The van der Waals surface area contributed by atoms with E-state index in [-0.39, 0.29) is 0 Å². The van der Waals surface area contributed by atoms with E-state index < -0.39 is 0 Å². The third-order valence-electron chi connectivity index (χ3n) is 4.07. The molecule has 0 saturated heterocycles. The van der Waals surface area contributed by atoms with E-state index in [1.807, 2.05) is 0 Å². The second kappa shape index (κ2) is 9.15. The Hall–Kier alpha value is -0.860. The number of nitrogens with zero attached hydrogens (tertiary/aromatic N) is 1. The van der Waals surface area contributed by atoms with Crippen LogP contribution in [0.15, 0.2) is 18.2 Å². The molecule has 20 heavy (non-hydrogen) atoms. The SMILES string of the molecule is CCCNC(CCN(CC)CC)c1ccc(C)cc1C. The highest BCUT2D eigenvalue weighted by Gasteiger charge is 2.14. The second-order valence-corrected chi connectivity index (χ2v) is 5.68. The van der Waals surface area contributed by atoms with E-state index in [4.69, 9.17) is 0 Å². The lowest BCUT2D eigenvalue weighted by atomic mass is 9.96. The smallest absolute Gasteiger partial charge is 0.0335 e. The molecule has 0 aliphatic carbocycles. The minimum atomic E-state index is 0.483. The topological polar surface area (TPSA) is 15.3 Å². The molecule has 1 N–H and O–H groups in total. The average molecular weight is 276 g/mol. The van der Waals surface area contributed by atoms with Crippen molar-refractivity contribution in [2.24, 2.45) is 0 Å². The molecule has 114 valence electrons. The van der Waals surface area contributed by atoms with E-state index in [9.17, 15) is 0 Å². The van der Waals surface area contributed by atoms with Crippen molar-refractivity contribution in [2.45, 2.75) is 53.5 Å². The van der Waals surface area contributed by atoms with E-state index in [1.165, 1.54) is 36.1 Å². The molecule has 1 aromatic carbocycles. The normalized spacial score (nSPS) is 12.9. The summed E-state index contributed by atoms with van der Waals surface area (Å²) in [7, 11) is 0. The predicted octanol–water partition coefficient (Wildman–Crippen LogP) is 4.08. The fourth-order valence-corrected chi connectivity index (χ4v) is 2.75. The van der Waals surface area contributed by atoms with Crippen molar-refractivity contribution in [2.75, 3.05) is 26.2 Å². The molecule has 0 aromatic heterocycles. The summed E-state index contributed by atoms with van der Waals surface area (Å²) in [5, 5.41) is 3.72. The summed E-state index contributed by atoms with van der Waals surface area (Å²) in [5.74, 6) is 0. The summed E-state index contributed by atoms with van der Waals surface area (Å²) in [6.07, 6.45) is 2.37. The van der Waals surface area contributed by atoms with Crippen LogP contribution in [0.4, 0.5) is 0 Å². The Kier molecular flexibility index (Phi) is 7.86. The Balaban J connectivity index is 2.77. The van der Waals surface area contributed by atoms with Gasteiger partial charge in [0.25, 0.3) is 0 Å². The molecule has 0 bridgehead atoms. The van der Waals surface area contributed by atoms with Gasteiger partial charge in [-0.1, -0.05) is 44.5 Å². The lowest BCUT2D eigenvalue weighted by Gasteiger charge is -2.25. The zero-order chi connectivity index (χ0) is 15.0. The van der Waals surface area contributed by atoms with Gasteiger partial charge in [0.1, 0.15) is 0 Å². The van der Waals surface area contributed by atoms with E-state index in [2.05, 4.69) is 63.0 Å². The molecule has 0 aliphatic heterocycles. The molecule has 2 nitrogen and oxygen atoms in total. The van der Waals surface area contributed by atoms with Crippen molar-refractivity contribution in [3.05, 3.63) is 34.9 Å². The summed E-state index contributed by atoms with van der Waals surface area (Å²) in [6.45, 7) is 15.7. The van der Waals surface area contributed by atoms with Crippen LogP contribution < -0.4 is 5.32 Å². The van der Waals surface area contributed by atoms with Crippen molar-refractivity contribution in [1.82, 2.24) is 10.2 Å². The van der Waals surface area contributed by atoms with Crippen molar-refractivity contribution >= 4 is 0 Å². The molecule has 2 heteroatoms. The summed E-state index contributed by atoms with van der Waals surface area (Å²) < 4.78 is 0. The average Bonchev–Trinajstić information content (AvgIpc) is 2.44. The monoisotopic (exact) mass is 276 g/mol. The van der Waals surface area contributed by atoms with E-state index in [0.717, 1.165) is 19.6 Å². The molecule has 0 radical (unpaired) electrons. The first-order valence-electron chi connectivity index (χ1n) is 8.15. The summed E-state index contributed by atoms with van der Waals surface area (Å²) in [6, 6.07) is 7.32. The molecule has 0 fully saturated rings. The zero-order valence-electron chi connectivity index (χ0n) is 14.0. The number of nitrogens with one attached hydrogen (secondary N) is 1. The Morgan fingerprint density at radius 2 is 1.80 bits per heavy atom. The van der Waals surface area contributed by atoms with Crippen LogP contribution in [-0.4, -0.2) is 31.1 Å². The highest BCUT2D eigenvalue weighted by atomic mass is 15.1. The maximum Gasteiger partial charge on any atom is 0.0335 e. The van der Waals surface area contributed by atoms with Crippen molar-refractivity contribution in [1.29, 1.82) is 0 Å². The molecule has 1 unspecified atom stereocenters. The lowest BCUT2D eigenvalue weighted by Crippen LogP contribution is -2.30. The van der Waals surface area contributed by atoms with Gasteiger partial charge in [0, 0.05) is 6.04 Å². The summed E-state index contributed by atoms with van der Waals surface area (Å²) in [5.41, 5.74) is 4.23. The van der Waals surface area contributed by atoms with Crippen LogP contribution in [0, 0.1) is 13.8 Å². The Morgan fingerprint density at radius 1 is 1.10 bits per heavy atom. The molecular formula is C18H32N2. The maximum absolute atomic E-state index is 3.72. The predicted molar refractivity (Wildman–Crippen MR) is 89.4 cm³/mol. The van der Waals surface area contributed by atoms with Crippen LogP contribution in [0.1, 0.15) is 56.3 Å². The number of hydrogen-bond acceptors (Lipinski definition) is 2. The van der Waals surface area contributed by atoms with Crippen LogP contribution in [0.25, 0.3) is 0 Å². The van der Waals surface area contributed by atoms with Crippen molar-refractivity contribution < 1.29 is 0 Å². The Labute approximate surface area is 125 Å². The fraction of sp³-hybridized carbons (Fsp3) is 0.667. The van der Waals surface area contributed by atoms with Gasteiger partial charge in [-0.05, 0) is 64.0 Å². The van der Waals surface area contributed by atoms with E-state index >= 15 is 0 Å². The minimum Gasteiger partial charge on any atom is -0.310 e. The first-order chi connectivity index (χ1) is 9.62. The third-order valence-corrected chi connectivity index (χ3v) is 4.07. The second-order valence-electron chi connectivity index (χ2n) is 5.68. The van der Waals surface area contributed by atoms with Gasteiger partial charge in [-0.2, -0.15) is 0 Å². The van der Waals surface area contributed by atoms with E-state index in [0.29, 0.717) is 6.04 Å². The van der Waals surface area contributed by atoms with Crippen LogP contribution in [-0.2, 0) is 0 Å². The van der Waals surface area contributed by atoms with E-state index in [1.54, 1.807) is 0 Å². The summed E-state index contributed by atoms with van der Waals surface area (Å²) in [4.78, 5) is 2.50. The van der Waals surface area contributed by atoms with Crippen molar-refractivity contribution in [3.8, 4) is 0 Å². The number of rotatable bonds is 9. The molecular weight excluding hydrogens is 244 g/mol. The Bertz CT molecular complexity index is 383. The highest BCUT2D eigenvalue weighted by molar-refractivity contribution is 5.32. The highest BCUT2D eigenvalue weighted by Crippen LogP contribution is 2.22. The Morgan fingerprint density at radius 3 is 2.35 bits per heavy atom. The molecule has 0 aliphatic rings. The third kappa shape index (κ3) is 5.26. The zero-order valence-corrected chi connectivity index (χ0v) is 14.0.